The van der Waals surface area contributed by atoms with E-state index in [4.69, 9.17) is 4.74 Å². The Kier molecular flexibility index (Phi) is 5.20. The lowest BCUT2D eigenvalue weighted by Gasteiger charge is -2.11. The number of benzene rings is 1. The fourth-order valence-corrected chi connectivity index (χ4v) is 1.81. The second-order valence-corrected chi connectivity index (χ2v) is 4.52. The summed E-state index contributed by atoms with van der Waals surface area (Å²) in [6.45, 7) is 1.10. The molecule has 0 amide bonds. The Morgan fingerprint density at radius 1 is 1.37 bits per heavy atom. The van der Waals surface area contributed by atoms with Crippen LogP contribution in [0.1, 0.15) is 5.56 Å². The molecular formula is C12H14FN3O2S. The minimum absolute atomic E-state index is 0.155. The molecule has 2 N–H and O–H groups in total. The van der Waals surface area contributed by atoms with Crippen molar-refractivity contribution >= 4 is 11.7 Å². The van der Waals surface area contributed by atoms with E-state index in [9.17, 15) is 9.50 Å². The molecule has 5 nitrogen and oxygen atoms in total. The van der Waals surface area contributed by atoms with Gasteiger partial charge in [-0.25, -0.2) is 4.39 Å². The molecule has 0 bridgehead atoms. The summed E-state index contributed by atoms with van der Waals surface area (Å²) in [6.07, 6.45) is 0.866. The molecule has 2 aromatic rings. The Bertz CT molecular complexity index is 478. The van der Waals surface area contributed by atoms with E-state index >= 15 is 0 Å². The largest absolute Gasteiger partial charge is 0.473 e. The summed E-state index contributed by atoms with van der Waals surface area (Å²) >= 11 is 1.05. The van der Waals surface area contributed by atoms with Crippen LogP contribution in [0.15, 0.2) is 30.5 Å². The van der Waals surface area contributed by atoms with Crippen molar-refractivity contribution in [3.63, 3.8) is 0 Å². The van der Waals surface area contributed by atoms with E-state index in [2.05, 4.69) is 14.1 Å². The van der Waals surface area contributed by atoms with Crippen molar-refractivity contribution < 1.29 is 14.2 Å². The third-order valence-electron chi connectivity index (χ3n) is 2.39. The number of nitrogens with one attached hydrogen (secondary N) is 1. The van der Waals surface area contributed by atoms with Gasteiger partial charge in [-0.15, -0.1) is 4.37 Å². The molecule has 0 aliphatic rings. The monoisotopic (exact) mass is 283 g/mol. The first-order valence-electron chi connectivity index (χ1n) is 5.77. The summed E-state index contributed by atoms with van der Waals surface area (Å²) in [5.41, 5.74) is 0.957. The van der Waals surface area contributed by atoms with Gasteiger partial charge in [0.05, 0.1) is 11.7 Å². The zero-order valence-corrected chi connectivity index (χ0v) is 10.9. The highest BCUT2D eigenvalue weighted by Crippen LogP contribution is 2.05. The average molecular weight is 283 g/mol. The zero-order valence-electron chi connectivity index (χ0n) is 10.1. The minimum atomic E-state index is -0.637. The van der Waals surface area contributed by atoms with Gasteiger partial charge >= 0.3 is 0 Å². The van der Waals surface area contributed by atoms with Gasteiger partial charge in [0.2, 0.25) is 5.88 Å². The van der Waals surface area contributed by atoms with Gasteiger partial charge in [0.15, 0.2) is 0 Å². The topological polar surface area (TPSA) is 67.3 Å². The van der Waals surface area contributed by atoms with Crippen LogP contribution in [0, 0.1) is 5.82 Å². The van der Waals surface area contributed by atoms with Gasteiger partial charge in [0, 0.05) is 13.1 Å². The molecule has 0 radical (unpaired) electrons. The van der Waals surface area contributed by atoms with Crippen molar-refractivity contribution in [1.82, 2.24) is 14.1 Å². The van der Waals surface area contributed by atoms with Gasteiger partial charge < -0.3 is 15.2 Å². The maximum Gasteiger partial charge on any atom is 0.245 e. The van der Waals surface area contributed by atoms with Gasteiger partial charge in [-0.3, -0.25) is 0 Å². The number of hydrogen-bond acceptors (Lipinski definition) is 6. The number of hydrogen-bond donors (Lipinski definition) is 2. The van der Waals surface area contributed by atoms with Crippen molar-refractivity contribution in [2.75, 3.05) is 13.2 Å². The Hall–Kier alpha value is -1.57. The summed E-state index contributed by atoms with van der Waals surface area (Å²) in [5.74, 6) is 0.164. The maximum atomic E-state index is 12.7. The molecule has 0 aliphatic heterocycles. The van der Waals surface area contributed by atoms with Crippen LogP contribution in [0.3, 0.4) is 0 Å². The molecule has 7 heteroatoms. The molecule has 1 aromatic heterocycles. The third kappa shape index (κ3) is 4.90. The van der Waals surface area contributed by atoms with E-state index in [1.54, 1.807) is 12.1 Å². The number of aliphatic hydroxyl groups is 1. The smallest absolute Gasteiger partial charge is 0.245 e. The molecule has 1 heterocycles. The summed E-state index contributed by atoms with van der Waals surface area (Å²) < 4.78 is 25.6. The Balaban J connectivity index is 1.63. The van der Waals surface area contributed by atoms with Crippen LogP contribution < -0.4 is 10.1 Å². The normalized spacial score (nSPS) is 12.3. The van der Waals surface area contributed by atoms with Crippen LogP contribution in [0.2, 0.25) is 0 Å². The predicted molar refractivity (Wildman–Crippen MR) is 69.5 cm³/mol. The van der Waals surface area contributed by atoms with E-state index in [1.165, 1.54) is 18.3 Å². The van der Waals surface area contributed by atoms with Crippen LogP contribution >= 0.6 is 11.7 Å². The number of halogens is 1. The fourth-order valence-electron chi connectivity index (χ4n) is 1.45. The maximum absolute atomic E-state index is 12.7. The lowest BCUT2D eigenvalue weighted by Crippen LogP contribution is -2.31. The standard InChI is InChI=1S/C12H14FN3O2S/c13-10-3-1-9(2-4-10)5-14-6-11(17)8-18-12-7-15-19-16-12/h1-4,7,11,14,17H,5-6,8H2. The van der Waals surface area contributed by atoms with Crippen molar-refractivity contribution in [2.24, 2.45) is 0 Å². The molecule has 0 aliphatic carbocycles. The Morgan fingerprint density at radius 2 is 2.16 bits per heavy atom. The average Bonchev–Trinajstić information content (AvgIpc) is 2.92. The first-order valence-corrected chi connectivity index (χ1v) is 6.50. The van der Waals surface area contributed by atoms with Crippen molar-refractivity contribution in [2.45, 2.75) is 12.6 Å². The summed E-state index contributed by atoms with van der Waals surface area (Å²) in [7, 11) is 0. The molecule has 0 saturated carbocycles. The zero-order chi connectivity index (χ0) is 13.5. The molecule has 1 unspecified atom stereocenters. The van der Waals surface area contributed by atoms with Crippen molar-refractivity contribution in [3.05, 3.63) is 41.8 Å². The number of nitrogens with zero attached hydrogens (tertiary/aromatic N) is 2. The molecule has 1 atom stereocenters. The van der Waals surface area contributed by atoms with Gasteiger partial charge in [-0.05, 0) is 17.7 Å². The lowest BCUT2D eigenvalue weighted by atomic mass is 10.2. The first kappa shape index (κ1) is 13.9. The van der Waals surface area contributed by atoms with E-state index in [0.717, 1.165) is 17.3 Å². The molecule has 102 valence electrons. The van der Waals surface area contributed by atoms with Crippen molar-refractivity contribution in [1.29, 1.82) is 0 Å². The number of ether oxygens (including phenoxy) is 1. The predicted octanol–water partition coefficient (Wildman–Crippen LogP) is 1.21. The highest BCUT2D eigenvalue weighted by molar-refractivity contribution is 6.99. The van der Waals surface area contributed by atoms with Gasteiger partial charge in [-0.1, -0.05) is 12.1 Å². The molecular weight excluding hydrogens is 269 g/mol. The molecule has 0 fully saturated rings. The van der Waals surface area contributed by atoms with Crippen molar-refractivity contribution in [3.8, 4) is 5.88 Å². The number of rotatable bonds is 7. The molecule has 0 saturated heterocycles. The van der Waals surface area contributed by atoms with Crippen LogP contribution in [-0.2, 0) is 6.54 Å². The minimum Gasteiger partial charge on any atom is -0.473 e. The lowest BCUT2D eigenvalue weighted by molar-refractivity contribution is 0.104. The Labute approximate surface area is 114 Å². The molecule has 19 heavy (non-hydrogen) atoms. The van der Waals surface area contributed by atoms with E-state index in [0.29, 0.717) is 19.0 Å². The second-order valence-electron chi connectivity index (χ2n) is 3.97. The van der Waals surface area contributed by atoms with E-state index in [-0.39, 0.29) is 12.4 Å². The molecule has 1 aromatic carbocycles. The van der Waals surface area contributed by atoms with Crippen LogP contribution in [0.25, 0.3) is 0 Å². The quantitative estimate of drug-likeness (QED) is 0.799. The van der Waals surface area contributed by atoms with E-state index in [1.807, 2.05) is 0 Å². The second kappa shape index (κ2) is 7.13. The molecule has 2 rings (SSSR count). The molecule has 0 spiro atoms. The SMILES string of the molecule is OC(CNCc1ccc(F)cc1)COc1cnsn1. The van der Waals surface area contributed by atoms with Crippen LogP contribution in [-0.4, -0.2) is 33.1 Å². The summed E-state index contributed by atoms with van der Waals surface area (Å²) in [4.78, 5) is 0. The van der Waals surface area contributed by atoms with Gasteiger partial charge in [0.1, 0.15) is 24.7 Å². The number of aromatic nitrogens is 2. The van der Waals surface area contributed by atoms with Crippen LogP contribution in [0.5, 0.6) is 5.88 Å². The number of aliphatic hydroxyl groups excluding tert-OH is 1. The first-order chi connectivity index (χ1) is 9.24. The van der Waals surface area contributed by atoms with Gasteiger partial charge in [-0.2, -0.15) is 4.37 Å². The highest BCUT2D eigenvalue weighted by Gasteiger charge is 2.06. The van der Waals surface area contributed by atoms with E-state index < -0.39 is 6.10 Å². The third-order valence-corrected chi connectivity index (χ3v) is 2.85. The fraction of sp³-hybridized carbons (Fsp3) is 0.333. The van der Waals surface area contributed by atoms with Crippen LogP contribution in [0.4, 0.5) is 4.39 Å². The Morgan fingerprint density at radius 3 is 2.84 bits per heavy atom. The van der Waals surface area contributed by atoms with Gasteiger partial charge in [0.25, 0.3) is 0 Å². The summed E-state index contributed by atoms with van der Waals surface area (Å²) in [6, 6.07) is 6.22. The summed E-state index contributed by atoms with van der Waals surface area (Å²) in [5, 5.41) is 12.7. The highest BCUT2D eigenvalue weighted by atomic mass is 32.1.